The zero-order chi connectivity index (χ0) is 20.5. The van der Waals surface area contributed by atoms with E-state index in [0.29, 0.717) is 18.1 Å². The molecule has 1 aromatic rings. The lowest BCUT2D eigenvalue weighted by Crippen LogP contribution is -2.47. The van der Waals surface area contributed by atoms with E-state index in [0.717, 1.165) is 5.56 Å². The minimum Gasteiger partial charge on any atom is -0.330 e. The Kier molecular flexibility index (Phi) is 6.06. The molecule has 0 saturated carbocycles. The summed E-state index contributed by atoms with van der Waals surface area (Å²) in [6.45, 7) is 11.5. The molecule has 3 N–H and O–H groups in total. The number of carbonyl (C=O) groups is 2. The molecular weight excluding hydrogens is 360 g/mol. The number of nitrogens with zero attached hydrogens (tertiary/aromatic N) is 2. The van der Waals surface area contributed by atoms with Crippen LogP contribution in [0.4, 0.5) is 0 Å². The van der Waals surface area contributed by atoms with Crippen LogP contribution < -0.4 is 11.1 Å². The highest BCUT2D eigenvalue weighted by molar-refractivity contribution is 8.14. The van der Waals surface area contributed by atoms with Gasteiger partial charge in [-0.3, -0.25) is 9.59 Å². The van der Waals surface area contributed by atoms with Gasteiger partial charge in [-0.1, -0.05) is 83.6 Å². The van der Waals surface area contributed by atoms with E-state index >= 15 is 0 Å². The number of hydrogen-bond acceptors (Lipinski definition) is 5. The summed E-state index contributed by atoms with van der Waals surface area (Å²) < 4.78 is 0. The van der Waals surface area contributed by atoms with Gasteiger partial charge in [-0.2, -0.15) is 0 Å². The Morgan fingerprint density at radius 3 is 2.19 bits per heavy atom. The molecule has 0 aliphatic carbocycles. The Morgan fingerprint density at radius 2 is 1.70 bits per heavy atom. The van der Waals surface area contributed by atoms with E-state index in [4.69, 9.17) is 5.73 Å². The van der Waals surface area contributed by atoms with Crippen molar-refractivity contribution < 1.29 is 9.59 Å². The Balaban J connectivity index is 2.51. The Labute approximate surface area is 165 Å². The predicted octanol–water partition coefficient (Wildman–Crippen LogP) is 3.24. The van der Waals surface area contributed by atoms with Crippen molar-refractivity contribution in [2.24, 2.45) is 21.7 Å². The lowest BCUT2D eigenvalue weighted by molar-refractivity contribution is -0.143. The lowest BCUT2D eigenvalue weighted by atomic mass is 9.93. The highest BCUT2D eigenvalue weighted by Crippen LogP contribution is 2.49. The molecule has 2 amide bonds. The molecule has 0 aromatic heterocycles. The molecule has 6 nitrogen and oxygen atoms in total. The number of amidine groups is 1. The fourth-order valence-corrected chi connectivity index (χ4v) is 3.90. The molecule has 7 heteroatoms. The van der Waals surface area contributed by atoms with Gasteiger partial charge in [0.1, 0.15) is 4.87 Å². The summed E-state index contributed by atoms with van der Waals surface area (Å²) in [5.41, 5.74) is 5.68. The SMILES string of the molecule is CC(C)(C)C(=O)NC1=NN(C(=O)C(C)(C)C)C(CCN)(c2ccccc2)S1. The van der Waals surface area contributed by atoms with Crippen molar-refractivity contribution in [3.05, 3.63) is 35.9 Å². The normalized spacial score (nSPS) is 20.4. The molecule has 0 bridgehead atoms. The second-order valence-corrected chi connectivity index (χ2v) is 10.0. The van der Waals surface area contributed by atoms with Crippen molar-refractivity contribution in [1.82, 2.24) is 10.3 Å². The zero-order valence-corrected chi connectivity index (χ0v) is 17.8. The first-order valence-electron chi connectivity index (χ1n) is 9.11. The van der Waals surface area contributed by atoms with Crippen LogP contribution in [0.2, 0.25) is 0 Å². The van der Waals surface area contributed by atoms with Crippen molar-refractivity contribution in [2.75, 3.05) is 6.54 Å². The molecule has 1 unspecified atom stereocenters. The van der Waals surface area contributed by atoms with Crippen LogP contribution in [-0.2, 0) is 14.5 Å². The third-order valence-electron chi connectivity index (χ3n) is 4.24. The number of amides is 2. The molecule has 1 aliphatic heterocycles. The summed E-state index contributed by atoms with van der Waals surface area (Å²) in [5.74, 6) is -0.263. The minimum absolute atomic E-state index is 0.118. The summed E-state index contributed by atoms with van der Waals surface area (Å²) in [6, 6.07) is 9.73. The molecule has 2 rings (SSSR count). The maximum atomic E-state index is 13.2. The average Bonchev–Trinajstić information content (AvgIpc) is 2.92. The number of nitrogens with one attached hydrogen (secondary N) is 1. The van der Waals surface area contributed by atoms with E-state index in [9.17, 15) is 9.59 Å². The summed E-state index contributed by atoms with van der Waals surface area (Å²) >= 11 is 1.38. The first-order valence-corrected chi connectivity index (χ1v) is 9.93. The van der Waals surface area contributed by atoms with Crippen LogP contribution in [0.3, 0.4) is 0 Å². The summed E-state index contributed by atoms with van der Waals surface area (Å²) in [7, 11) is 0. The number of hydrazone groups is 1. The number of hydrogen-bond donors (Lipinski definition) is 2. The maximum absolute atomic E-state index is 13.2. The van der Waals surface area contributed by atoms with Crippen molar-refractivity contribution in [2.45, 2.75) is 52.8 Å². The number of thioether (sulfide) groups is 1. The van der Waals surface area contributed by atoms with Gasteiger partial charge in [0.25, 0.3) is 0 Å². The quantitative estimate of drug-likeness (QED) is 0.829. The van der Waals surface area contributed by atoms with E-state index in [-0.39, 0.29) is 11.8 Å². The Hall–Kier alpha value is -1.86. The first kappa shape index (κ1) is 21.4. The van der Waals surface area contributed by atoms with E-state index in [1.165, 1.54) is 16.8 Å². The standard InChI is InChI=1S/C20H30N4O2S/c1-18(2,3)15(25)22-17-23-24(16(26)19(4,5)6)20(27-17,12-13-21)14-10-8-7-9-11-14/h7-11H,12-13,21H2,1-6H3,(H,22,23,25). The summed E-state index contributed by atoms with van der Waals surface area (Å²) in [5, 5.41) is 9.34. The summed E-state index contributed by atoms with van der Waals surface area (Å²) in [6.07, 6.45) is 0.516. The summed E-state index contributed by atoms with van der Waals surface area (Å²) in [4.78, 5) is 24.9. The third kappa shape index (κ3) is 4.52. The number of benzene rings is 1. The van der Waals surface area contributed by atoms with Crippen LogP contribution in [0.15, 0.2) is 35.4 Å². The van der Waals surface area contributed by atoms with Crippen molar-refractivity contribution in [3.63, 3.8) is 0 Å². The molecule has 148 valence electrons. The molecule has 1 atom stereocenters. The maximum Gasteiger partial charge on any atom is 0.249 e. The van der Waals surface area contributed by atoms with Crippen molar-refractivity contribution in [1.29, 1.82) is 0 Å². The highest BCUT2D eigenvalue weighted by atomic mass is 32.2. The molecule has 27 heavy (non-hydrogen) atoms. The molecule has 1 aromatic carbocycles. The van der Waals surface area contributed by atoms with Gasteiger partial charge in [0.2, 0.25) is 11.8 Å². The first-order chi connectivity index (χ1) is 12.4. The molecule has 1 heterocycles. The van der Waals surface area contributed by atoms with Crippen LogP contribution in [0.5, 0.6) is 0 Å². The second kappa shape index (κ2) is 7.64. The monoisotopic (exact) mass is 390 g/mol. The molecular formula is C20H30N4O2S. The van der Waals surface area contributed by atoms with Gasteiger partial charge in [-0.05, 0) is 18.5 Å². The fraction of sp³-hybridized carbons (Fsp3) is 0.550. The number of carbonyl (C=O) groups excluding carboxylic acids is 2. The number of nitrogens with two attached hydrogens (primary N) is 1. The van der Waals surface area contributed by atoms with Gasteiger partial charge < -0.3 is 11.1 Å². The van der Waals surface area contributed by atoms with E-state index in [1.54, 1.807) is 0 Å². The number of rotatable bonds is 3. The fourth-order valence-electron chi connectivity index (χ4n) is 2.63. The van der Waals surface area contributed by atoms with Crippen molar-refractivity contribution in [3.8, 4) is 0 Å². The largest absolute Gasteiger partial charge is 0.330 e. The molecule has 0 radical (unpaired) electrons. The molecule has 0 saturated heterocycles. The minimum atomic E-state index is -0.777. The van der Waals surface area contributed by atoms with Gasteiger partial charge >= 0.3 is 0 Å². The van der Waals surface area contributed by atoms with Crippen LogP contribution in [0.1, 0.15) is 53.5 Å². The van der Waals surface area contributed by atoms with Gasteiger partial charge in [0, 0.05) is 10.8 Å². The smallest absolute Gasteiger partial charge is 0.249 e. The van der Waals surface area contributed by atoms with Crippen molar-refractivity contribution >= 4 is 28.7 Å². The van der Waals surface area contributed by atoms with Crippen LogP contribution >= 0.6 is 11.8 Å². The van der Waals surface area contributed by atoms with E-state index < -0.39 is 15.7 Å². The average molecular weight is 391 g/mol. The van der Waals surface area contributed by atoms with E-state index in [2.05, 4.69) is 10.4 Å². The van der Waals surface area contributed by atoms with Crippen LogP contribution in [0, 0.1) is 10.8 Å². The van der Waals surface area contributed by atoms with Gasteiger partial charge in [-0.15, -0.1) is 5.10 Å². The van der Waals surface area contributed by atoms with E-state index in [1.807, 2.05) is 71.9 Å². The predicted molar refractivity (Wildman–Crippen MR) is 111 cm³/mol. The van der Waals surface area contributed by atoms with Gasteiger partial charge in [0.05, 0.1) is 0 Å². The zero-order valence-electron chi connectivity index (χ0n) is 17.0. The second-order valence-electron chi connectivity index (χ2n) is 8.77. The Morgan fingerprint density at radius 1 is 1.11 bits per heavy atom. The molecule has 0 fully saturated rings. The van der Waals surface area contributed by atoms with Gasteiger partial charge in [-0.25, -0.2) is 5.01 Å². The Bertz CT molecular complexity index is 735. The molecule has 0 spiro atoms. The van der Waals surface area contributed by atoms with Crippen LogP contribution in [-0.4, -0.2) is 28.5 Å². The third-order valence-corrected chi connectivity index (χ3v) is 5.57. The highest BCUT2D eigenvalue weighted by Gasteiger charge is 2.50. The topological polar surface area (TPSA) is 87.8 Å². The van der Waals surface area contributed by atoms with Gasteiger partial charge in [0.15, 0.2) is 5.17 Å². The van der Waals surface area contributed by atoms with Crippen LogP contribution in [0.25, 0.3) is 0 Å². The lowest BCUT2D eigenvalue weighted by Gasteiger charge is -2.38. The molecule has 1 aliphatic rings.